The fourth-order valence-electron chi connectivity index (χ4n) is 1.36. The van der Waals surface area contributed by atoms with Crippen LogP contribution in [-0.4, -0.2) is 16.1 Å². The van der Waals surface area contributed by atoms with Crippen LogP contribution in [0.15, 0.2) is 33.2 Å². The number of carboxylic acid groups (broad SMARTS) is 1. The van der Waals surface area contributed by atoms with E-state index >= 15 is 0 Å². The first-order valence-electron chi connectivity index (χ1n) is 4.54. The number of oxazole rings is 1. The van der Waals surface area contributed by atoms with Gasteiger partial charge in [0.05, 0.1) is 0 Å². The molecule has 0 bridgehead atoms. The van der Waals surface area contributed by atoms with Crippen molar-refractivity contribution in [3.05, 3.63) is 40.4 Å². The SMILES string of the molecule is Cc1oc(C(=O)O)nc1-c1ccc(Br)cc1. The fourth-order valence-corrected chi connectivity index (χ4v) is 1.63. The van der Waals surface area contributed by atoms with Crippen LogP contribution in [0.2, 0.25) is 0 Å². The number of carbonyl (C=O) groups is 1. The maximum absolute atomic E-state index is 10.7. The van der Waals surface area contributed by atoms with E-state index < -0.39 is 5.97 Å². The zero-order chi connectivity index (χ0) is 11.7. The molecular formula is C11H8BrNO3. The van der Waals surface area contributed by atoms with Gasteiger partial charge in [0.25, 0.3) is 0 Å². The highest BCUT2D eigenvalue weighted by Gasteiger charge is 2.16. The summed E-state index contributed by atoms with van der Waals surface area (Å²) >= 11 is 3.33. The molecule has 16 heavy (non-hydrogen) atoms. The van der Waals surface area contributed by atoms with Gasteiger partial charge in [0.2, 0.25) is 0 Å². The maximum atomic E-state index is 10.7. The topological polar surface area (TPSA) is 63.3 Å². The van der Waals surface area contributed by atoms with Crippen molar-refractivity contribution < 1.29 is 14.3 Å². The third kappa shape index (κ3) is 1.99. The van der Waals surface area contributed by atoms with E-state index in [9.17, 15) is 4.79 Å². The second-order valence-electron chi connectivity index (χ2n) is 3.24. The van der Waals surface area contributed by atoms with E-state index in [0.29, 0.717) is 11.5 Å². The molecule has 2 rings (SSSR count). The molecule has 1 heterocycles. The summed E-state index contributed by atoms with van der Waals surface area (Å²) in [5.41, 5.74) is 1.39. The molecule has 1 aromatic carbocycles. The molecule has 0 saturated carbocycles. The Balaban J connectivity index is 2.47. The van der Waals surface area contributed by atoms with Gasteiger partial charge in [-0.1, -0.05) is 28.1 Å². The Bertz CT molecular complexity index is 531. The Morgan fingerprint density at radius 1 is 1.38 bits per heavy atom. The average molecular weight is 282 g/mol. The molecule has 1 aromatic heterocycles. The van der Waals surface area contributed by atoms with Crippen LogP contribution in [-0.2, 0) is 0 Å². The van der Waals surface area contributed by atoms with Gasteiger partial charge in [0.15, 0.2) is 0 Å². The van der Waals surface area contributed by atoms with Gasteiger partial charge in [-0.15, -0.1) is 0 Å². The van der Waals surface area contributed by atoms with Gasteiger partial charge < -0.3 is 9.52 Å². The summed E-state index contributed by atoms with van der Waals surface area (Å²) < 4.78 is 5.99. The molecule has 0 radical (unpaired) electrons. The summed E-state index contributed by atoms with van der Waals surface area (Å²) in [7, 11) is 0. The minimum atomic E-state index is -1.16. The van der Waals surface area contributed by atoms with Crippen LogP contribution in [0.1, 0.15) is 16.4 Å². The highest BCUT2D eigenvalue weighted by molar-refractivity contribution is 9.10. The first kappa shape index (κ1) is 10.9. The van der Waals surface area contributed by atoms with Gasteiger partial charge in [-0.2, -0.15) is 0 Å². The second-order valence-corrected chi connectivity index (χ2v) is 4.15. The van der Waals surface area contributed by atoms with Gasteiger partial charge in [-0.05, 0) is 19.1 Å². The van der Waals surface area contributed by atoms with Crippen molar-refractivity contribution in [3.63, 3.8) is 0 Å². The number of rotatable bonds is 2. The molecule has 2 aromatic rings. The number of hydrogen-bond acceptors (Lipinski definition) is 3. The zero-order valence-electron chi connectivity index (χ0n) is 8.40. The van der Waals surface area contributed by atoms with Crippen molar-refractivity contribution in [1.29, 1.82) is 0 Å². The van der Waals surface area contributed by atoms with Crippen LogP contribution in [0.3, 0.4) is 0 Å². The van der Waals surface area contributed by atoms with E-state index in [1.807, 2.05) is 24.3 Å². The van der Waals surface area contributed by atoms with Crippen LogP contribution in [0.4, 0.5) is 0 Å². The Kier molecular flexibility index (Phi) is 2.78. The monoisotopic (exact) mass is 281 g/mol. The minimum absolute atomic E-state index is 0.282. The quantitative estimate of drug-likeness (QED) is 0.919. The molecule has 0 aliphatic rings. The average Bonchev–Trinajstić information content (AvgIpc) is 2.62. The molecule has 0 spiro atoms. The van der Waals surface area contributed by atoms with Crippen LogP contribution in [0.5, 0.6) is 0 Å². The van der Waals surface area contributed by atoms with Crippen LogP contribution in [0, 0.1) is 6.92 Å². The van der Waals surface area contributed by atoms with Crippen molar-refractivity contribution in [2.24, 2.45) is 0 Å². The number of carboxylic acids is 1. The molecule has 0 amide bonds. The molecule has 82 valence electrons. The largest absolute Gasteiger partial charge is 0.474 e. The van der Waals surface area contributed by atoms with Crippen molar-refractivity contribution in [2.45, 2.75) is 6.92 Å². The number of benzene rings is 1. The molecule has 0 saturated heterocycles. The summed E-state index contributed by atoms with van der Waals surface area (Å²) in [6.07, 6.45) is 0. The number of nitrogens with zero attached hydrogens (tertiary/aromatic N) is 1. The fraction of sp³-hybridized carbons (Fsp3) is 0.0909. The number of aryl methyl sites for hydroxylation is 1. The number of hydrogen-bond donors (Lipinski definition) is 1. The van der Waals surface area contributed by atoms with Crippen molar-refractivity contribution >= 4 is 21.9 Å². The molecule has 0 unspecified atom stereocenters. The lowest BCUT2D eigenvalue weighted by Gasteiger charge is -1.96. The van der Waals surface area contributed by atoms with Gasteiger partial charge in [0.1, 0.15) is 11.5 Å². The summed E-state index contributed by atoms with van der Waals surface area (Å²) in [5, 5.41) is 8.75. The summed E-state index contributed by atoms with van der Waals surface area (Å²) in [6, 6.07) is 7.43. The number of aromatic nitrogens is 1. The first-order valence-corrected chi connectivity index (χ1v) is 5.34. The Morgan fingerprint density at radius 2 is 2.00 bits per heavy atom. The lowest BCUT2D eigenvalue weighted by atomic mass is 10.1. The zero-order valence-corrected chi connectivity index (χ0v) is 9.98. The predicted molar refractivity (Wildman–Crippen MR) is 61.3 cm³/mol. The molecule has 0 aliphatic heterocycles. The Hall–Kier alpha value is -1.62. The number of aromatic carboxylic acids is 1. The summed E-state index contributed by atoms with van der Waals surface area (Å²) in [4.78, 5) is 14.6. The highest BCUT2D eigenvalue weighted by atomic mass is 79.9. The lowest BCUT2D eigenvalue weighted by Crippen LogP contribution is -1.95. The maximum Gasteiger partial charge on any atom is 0.392 e. The number of halogens is 1. The van der Waals surface area contributed by atoms with E-state index in [2.05, 4.69) is 20.9 Å². The lowest BCUT2D eigenvalue weighted by molar-refractivity contribution is 0.0652. The van der Waals surface area contributed by atoms with Crippen LogP contribution >= 0.6 is 15.9 Å². The molecule has 1 N–H and O–H groups in total. The van der Waals surface area contributed by atoms with E-state index in [-0.39, 0.29) is 5.89 Å². The molecular weight excluding hydrogens is 274 g/mol. The molecule has 0 atom stereocenters. The molecule has 0 fully saturated rings. The van der Waals surface area contributed by atoms with Crippen molar-refractivity contribution in [1.82, 2.24) is 4.98 Å². The second kappa shape index (κ2) is 4.09. The van der Waals surface area contributed by atoms with Gasteiger partial charge in [-0.25, -0.2) is 9.78 Å². The Morgan fingerprint density at radius 3 is 2.50 bits per heavy atom. The Labute approximate surface area is 100 Å². The molecule has 0 aliphatic carbocycles. The van der Waals surface area contributed by atoms with Crippen molar-refractivity contribution in [2.75, 3.05) is 0 Å². The van der Waals surface area contributed by atoms with Gasteiger partial charge >= 0.3 is 11.9 Å². The minimum Gasteiger partial charge on any atom is -0.474 e. The summed E-state index contributed by atoms with van der Waals surface area (Å²) in [5.74, 6) is -0.943. The van der Waals surface area contributed by atoms with E-state index in [1.165, 1.54) is 0 Å². The molecule has 4 nitrogen and oxygen atoms in total. The highest BCUT2D eigenvalue weighted by Crippen LogP contribution is 2.24. The third-order valence-corrected chi connectivity index (χ3v) is 2.63. The van der Waals surface area contributed by atoms with Crippen molar-refractivity contribution in [3.8, 4) is 11.3 Å². The standard InChI is InChI=1S/C11H8BrNO3/c1-6-9(13-10(16-6)11(14)15)7-2-4-8(12)5-3-7/h2-5H,1H3,(H,14,15). The smallest absolute Gasteiger partial charge is 0.392 e. The molecule has 5 heteroatoms. The van der Waals surface area contributed by atoms with Gasteiger partial charge in [-0.3, -0.25) is 0 Å². The normalized spacial score (nSPS) is 10.4. The first-order chi connectivity index (χ1) is 7.58. The van der Waals surface area contributed by atoms with Gasteiger partial charge in [0, 0.05) is 10.0 Å². The predicted octanol–water partition coefficient (Wildman–Crippen LogP) is 3.11. The van der Waals surface area contributed by atoms with Crippen LogP contribution < -0.4 is 0 Å². The van der Waals surface area contributed by atoms with Crippen LogP contribution in [0.25, 0.3) is 11.3 Å². The van der Waals surface area contributed by atoms with E-state index in [0.717, 1.165) is 10.0 Å². The third-order valence-electron chi connectivity index (χ3n) is 2.10. The van der Waals surface area contributed by atoms with E-state index in [4.69, 9.17) is 9.52 Å². The summed E-state index contributed by atoms with van der Waals surface area (Å²) in [6.45, 7) is 1.69. The van der Waals surface area contributed by atoms with E-state index in [1.54, 1.807) is 6.92 Å².